The summed E-state index contributed by atoms with van der Waals surface area (Å²) in [6.07, 6.45) is 5.71. The molecule has 2 atom stereocenters. The summed E-state index contributed by atoms with van der Waals surface area (Å²) < 4.78 is 3.41. The number of benzene rings is 1. The van der Waals surface area contributed by atoms with Crippen molar-refractivity contribution in [1.29, 1.82) is 0 Å². The summed E-state index contributed by atoms with van der Waals surface area (Å²) in [7, 11) is 2.16. The van der Waals surface area contributed by atoms with Crippen LogP contribution in [0.1, 0.15) is 12.8 Å². The van der Waals surface area contributed by atoms with Crippen LogP contribution in [0.5, 0.6) is 0 Å². The highest BCUT2D eigenvalue weighted by molar-refractivity contribution is 5.77. The minimum Gasteiger partial charge on any atom is -0.369 e. The molecule has 3 fully saturated rings. The van der Waals surface area contributed by atoms with Crippen LogP contribution in [-0.4, -0.2) is 87.6 Å². The number of likely N-dealkylation sites (N-methyl/N-ethyl adjacent to an activating group) is 1. The van der Waals surface area contributed by atoms with Gasteiger partial charge in [0.05, 0.1) is 6.54 Å². The molecule has 2 unspecified atom stereocenters. The molecule has 212 valence electrons. The van der Waals surface area contributed by atoms with Crippen LogP contribution >= 0.6 is 0 Å². The number of aromatic nitrogens is 5. The van der Waals surface area contributed by atoms with E-state index in [0.717, 1.165) is 50.8 Å². The third-order valence-corrected chi connectivity index (χ3v) is 8.45. The van der Waals surface area contributed by atoms with E-state index in [1.54, 1.807) is 21.6 Å². The van der Waals surface area contributed by atoms with Gasteiger partial charge in [-0.3, -0.25) is 4.79 Å². The number of rotatable bonds is 7. The zero-order valence-corrected chi connectivity index (χ0v) is 23.4. The Labute approximate surface area is 239 Å². The second kappa shape index (κ2) is 10.6. The first-order valence-corrected chi connectivity index (χ1v) is 14.4. The summed E-state index contributed by atoms with van der Waals surface area (Å²) in [6.45, 7) is 10.2. The highest BCUT2D eigenvalue weighted by Crippen LogP contribution is 2.26. The fourth-order valence-corrected chi connectivity index (χ4v) is 6.25. The molecular formula is C30H36N10O. The Balaban J connectivity index is 1.20. The quantitative estimate of drug-likeness (QED) is 0.335. The number of nitrogens with one attached hydrogen (secondary N) is 2. The molecule has 11 nitrogen and oxygen atoms in total. The molecule has 11 heteroatoms. The number of pyridine rings is 1. The molecule has 41 heavy (non-hydrogen) atoms. The number of piperazine rings is 2. The second-order valence-corrected chi connectivity index (χ2v) is 11.3. The molecule has 1 aromatic carbocycles. The third kappa shape index (κ3) is 4.95. The van der Waals surface area contributed by atoms with Crippen molar-refractivity contribution in [2.45, 2.75) is 31.5 Å². The Morgan fingerprint density at radius 2 is 1.71 bits per heavy atom. The van der Waals surface area contributed by atoms with Crippen molar-refractivity contribution in [2.24, 2.45) is 0 Å². The molecule has 0 aliphatic carbocycles. The van der Waals surface area contributed by atoms with Gasteiger partial charge in [0.25, 0.3) is 5.56 Å². The normalized spacial score (nSPS) is 21.0. The van der Waals surface area contributed by atoms with Gasteiger partial charge in [-0.1, -0.05) is 12.1 Å². The number of nitrogens with zero attached hydrogens (tertiary/aromatic N) is 8. The topological polar surface area (TPSA) is 99.4 Å². The molecule has 0 saturated carbocycles. The number of allylic oxidation sites excluding steroid dienone is 1. The van der Waals surface area contributed by atoms with Crippen LogP contribution in [0.3, 0.4) is 0 Å². The van der Waals surface area contributed by atoms with E-state index >= 15 is 0 Å². The van der Waals surface area contributed by atoms with E-state index < -0.39 is 0 Å². The lowest BCUT2D eigenvalue weighted by atomic mass is 10.2. The van der Waals surface area contributed by atoms with Crippen molar-refractivity contribution in [3.63, 3.8) is 0 Å². The molecule has 2 N–H and O–H groups in total. The van der Waals surface area contributed by atoms with E-state index in [1.807, 2.05) is 30.3 Å². The zero-order chi connectivity index (χ0) is 27.9. The minimum absolute atomic E-state index is 0.171. The Bertz CT molecular complexity index is 1610. The lowest BCUT2D eigenvalue weighted by Crippen LogP contribution is -2.51. The average molecular weight is 553 g/mol. The summed E-state index contributed by atoms with van der Waals surface area (Å²) in [5, 5.41) is 7.44. The fourth-order valence-electron chi connectivity index (χ4n) is 6.25. The number of anilines is 4. The molecule has 4 aromatic rings. The first kappa shape index (κ1) is 25.7. The van der Waals surface area contributed by atoms with Crippen LogP contribution in [0, 0.1) is 0 Å². The van der Waals surface area contributed by atoms with E-state index in [9.17, 15) is 4.79 Å². The van der Waals surface area contributed by atoms with Crippen molar-refractivity contribution in [1.82, 2.24) is 34.5 Å². The van der Waals surface area contributed by atoms with Gasteiger partial charge in [0, 0.05) is 68.9 Å². The van der Waals surface area contributed by atoms with Crippen LogP contribution in [0.15, 0.2) is 66.1 Å². The van der Waals surface area contributed by atoms with E-state index in [2.05, 4.69) is 56.1 Å². The predicted octanol–water partition coefficient (Wildman–Crippen LogP) is 2.60. The minimum atomic E-state index is -0.171. The predicted molar refractivity (Wildman–Crippen MR) is 163 cm³/mol. The van der Waals surface area contributed by atoms with Gasteiger partial charge in [0.15, 0.2) is 11.5 Å². The van der Waals surface area contributed by atoms with Crippen LogP contribution in [-0.2, 0) is 6.54 Å². The zero-order valence-electron chi connectivity index (χ0n) is 23.4. The first-order chi connectivity index (χ1) is 20.1. The first-order valence-electron chi connectivity index (χ1n) is 14.4. The number of hydrogen-bond acceptors (Lipinski definition) is 9. The van der Waals surface area contributed by atoms with Crippen molar-refractivity contribution in [3.8, 4) is 5.82 Å². The summed E-state index contributed by atoms with van der Waals surface area (Å²) >= 11 is 0. The van der Waals surface area contributed by atoms with Crippen LogP contribution in [0.2, 0.25) is 0 Å². The van der Waals surface area contributed by atoms with Gasteiger partial charge in [-0.25, -0.2) is 19.3 Å². The smallest absolute Gasteiger partial charge is 0.278 e. The van der Waals surface area contributed by atoms with Crippen molar-refractivity contribution in [3.05, 3.63) is 71.7 Å². The Morgan fingerprint density at radius 1 is 0.976 bits per heavy atom. The molecule has 7 rings (SSSR count). The highest BCUT2D eigenvalue weighted by atomic mass is 16.1. The molecule has 2 bridgehead atoms. The maximum absolute atomic E-state index is 13.4. The monoisotopic (exact) mass is 552 g/mol. The molecular weight excluding hydrogens is 516 g/mol. The molecule has 0 spiro atoms. The molecule has 3 aliphatic rings. The van der Waals surface area contributed by atoms with Gasteiger partial charge in [-0.2, -0.15) is 4.98 Å². The van der Waals surface area contributed by atoms with Gasteiger partial charge in [-0.05, 0) is 56.3 Å². The van der Waals surface area contributed by atoms with Gasteiger partial charge in [0.2, 0.25) is 5.95 Å². The average Bonchev–Trinajstić information content (AvgIpc) is 3.48. The highest BCUT2D eigenvalue weighted by Gasteiger charge is 2.33. The van der Waals surface area contributed by atoms with Crippen molar-refractivity contribution < 1.29 is 0 Å². The van der Waals surface area contributed by atoms with Gasteiger partial charge in [-0.15, -0.1) is 6.58 Å². The van der Waals surface area contributed by atoms with Gasteiger partial charge >= 0.3 is 0 Å². The van der Waals surface area contributed by atoms with Crippen LogP contribution in [0.4, 0.5) is 23.1 Å². The third-order valence-electron chi connectivity index (χ3n) is 8.45. The fraction of sp³-hybridized carbons (Fsp3) is 0.400. The lowest BCUT2D eigenvalue weighted by Gasteiger charge is -2.34. The van der Waals surface area contributed by atoms with E-state index in [-0.39, 0.29) is 5.56 Å². The molecule has 0 radical (unpaired) electrons. The van der Waals surface area contributed by atoms with Crippen LogP contribution in [0.25, 0.3) is 16.9 Å². The molecule has 6 heterocycles. The SMILES string of the molecule is C=CCn1c(=O)c2cnc(Nc3ccc(N4CCN(C)CC4)cc3)nc2n1-c1cccc(N2CC3CCC(C2)N3)n1. The second-order valence-electron chi connectivity index (χ2n) is 11.3. The maximum atomic E-state index is 13.4. The summed E-state index contributed by atoms with van der Waals surface area (Å²) in [6, 6.07) is 15.3. The Hall–Kier alpha value is -4.22. The van der Waals surface area contributed by atoms with Crippen LogP contribution < -0.4 is 26.0 Å². The summed E-state index contributed by atoms with van der Waals surface area (Å²) in [4.78, 5) is 34.8. The van der Waals surface area contributed by atoms with Crippen molar-refractivity contribution in [2.75, 3.05) is 61.4 Å². The Morgan fingerprint density at radius 3 is 2.44 bits per heavy atom. The van der Waals surface area contributed by atoms with E-state index in [0.29, 0.717) is 41.4 Å². The number of hydrogen-bond donors (Lipinski definition) is 2. The van der Waals surface area contributed by atoms with Gasteiger partial charge in [0.1, 0.15) is 11.2 Å². The number of fused-ring (bicyclic) bond motifs is 3. The summed E-state index contributed by atoms with van der Waals surface area (Å²) in [5.41, 5.74) is 2.43. The Kier molecular flexibility index (Phi) is 6.68. The molecule has 3 aliphatic heterocycles. The van der Waals surface area contributed by atoms with Gasteiger partial charge < -0.3 is 25.3 Å². The van der Waals surface area contributed by atoms with Crippen molar-refractivity contribution >= 4 is 34.2 Å². The van der Waals surface area contributed by atoms with E-state index in [4.69, 9.17) is 9.97 Å². The standard InChI is InChI=1S/C30H36N10O/c1-3-13-39-29(41)25-18-31-30(33-21-9-11-24(12-10-21)37-16-14-36(2)15-17-37)35-28(25)40(39)27-6-4-5-26(34-27)38-19-22-7-8-23(20-38)32-22/h3-6,9-12,18,22-23,32H,1,7-8,13-17,19-20H2,2H3,(H,31,33,35). The molecule has 3 aromatic heterocycles. The molecule has 0 amide bonds. The lowest BCUT2D eigenvalue weighted by molar-refractivity contribution is 0.313. The largest absolute Gasteiger partial charge is 0.369 e. The van der Waals surface area contributed by atoms with E-state index in [1.165, 1.54) is 18.5 Å². The summed E-state index contributed by atoms with van der Waals surface area (Å²) in [5.74, 6) is 1.97. The molecule has 3 saturated heterocycles. The maximum Gasteiger partial charge on any atom is 0.278 e.